The maximum absolute atomic E-state index is 13.2. The van der Waals surface area contributed by atoms with Crippen molar-refractivity contribution >= 4 is 17.4 Å². The second kappa shape index (κ2) is 6.53. The van der Waals surface area contributed by atoms with E-state index in [1.165, 1.54) is 12.1 Å². The molecule has 0 saturated carbocycles. The zero-order valence-corrected chi connectivity index (χ0v) is 13.8. The highest BCUT2D eigenvalue weighted by atomic mass is 35.5. The third-order valence-electron chi connectivity index (χ3n) is 3.73. The number of rotatable bonds is 4. The molecule has 124 valence electrons. The first kappa shape index (κ1) is 15.6. The van der Waals surface area contributed by atoms with Crippen molar-refractivity contribution in [3.63, 3.8) is 0 Å². The van der Waals surface area contributed by atoms with Gasteiger partial charge in [0.25, 0.3) is 0 Å². The lowest BCUT2D eigenvalue weighted by molar-refractivity contribution is 0.302. The van der Waals surface area contributed by atoms with Crippen molar-refractivity contribution in [2.45, 2.75) is 6.61 Å². The van der Waals surface area contributed by atoms with Crippen LogP contribution >= 0.6 is 11.6 Å². The first-order valence-electron chi connectivity index (χ1n) is 7.66. The number of hydrogen-bond donors (Lipinski definition) is 0. The molecule has 0 fully saturated rings. The molecule has 0 bridgehead atoms. The van der Waals surface area contributed by atoms with Crippen LogP contribution < -0.4 is 4.74 Å². The van der Waals surface area contributed by atoms with Gasteiger partial charge in [-0.3, -0.25) is 4.40 Å². The van der Waals surface area contributed by atoms with Crippen LogP contribution in [0.5, 0.6) is 5.75 Å². The van der Waals surface area contributed by atoms with Crippen molar-refractivity contribution in [3.05, 3.63) is 83.7 Å². The fourth-order valence-electron chi connectivity index (χ4n) is 2.54. The number of ether oxygens (including phenoxy) is 1. The number of para-hydroxylation sites is 1. The Bertz CT molecular complexity index is 1030. The van der Waals surface area contributed by atoms with Crippen LogP contribution in [0.1, 0.15) is 5.69 Å². The third kappa shape index (κ3) is 3.32. The van der Waals surface area contributed by atoms with Crippen LogP contribution in [0.15, 0.2) is 67.1 Å². The Labute approximate surface area is 148 Å². The second-order valence-corrected chi connectivity index (χ2v) is 5.92. The summed E-state index contributed by atoms with van der Waals surface area (Å²) >= 11 is 6.13. The van der Waals surface area contributed by atoms with Crippen LogP contribution in [0.3, 0.4) is 0 Å². The largest absolute Gasteiger partial charge is 0.487 e. The molecule has 0 N–H and O–H groups in total. The number of hydrogen-bond acceptors (Lipinski definition) is 3. The highest BCUT2D eigenvalue weighted by molar-refractivity contribution is 6.33. The summed E-state index contributed by atoms with van der Waals surface area (Å²) in [6.07, 6.45) is 5.38. The van der Waals surface area contributed by atoms with Crippen molar-refractivity contribution in [2.75, 3.05) is 0 Å². The molecule has 0 amide bonds. The molecule has 4 rings (SSSR count). The molecule has 0 aliphatic carbocycles. The standard InChI is InChI=1S/C19H13ClFN3O/c20-18-8-14(21)6-7-17(18)13-9-22-19-23-15(11-24(19)10-13)12-25-16-4-2-1-3-5-16/h1-11H,12H2. The molecule has 0 aliphatic rings. The lowest BCUT2D eigenvalue weighted by Gasteiger charge is -2.04. The molecule has 0 aliphatic heterocycles. The van der Waals surface area contributed by atoms with Crippen LogP contribution in [0, 0.1) is 5.82 Å². The summed E-state index contributed by atoms with van der Waals surface area (Å²) in [5, 5.41) is 0.342. The lowest BCUT2D eigenvalue weighted by atomic mass is 10.1. The Morgan fingerprint density at radius 3 is 2.72 bits per heavy atom. The maximum atomic E-state index is 13.2. The summed E-state index contributed by atoms with van der Waals surface area (Å²) in [7, 11) is 0. The average molecular weight is 354 g/mol. The van der Waals surface area contributed by atoms with Crippen LogP contribution in [0.2, 0.25) is 5.02 Å². The molecular weight excluding hydrogens is 341 g/mol. The number of aromatic nitrogens is 3. The van der Waals surface area contributed by atoms with Gasteiger partial charge in [-0.25, -0.2) is 14.4 Å². The van der Waals surface area contributed by atoms with Gasteiger partial charge in [-0.1, -0.05) is 29.8 Å². The number of nitrogens with zero attached hydrogens (tertiary/aromatic N) is 3. The predicted octanol–water partition coefficient (Wildman–Crippen LogP) is 4.77. The van der Waals surface area contributed by atoms with E-state index in [4.69, 9.17) is 16.3 Å². The van der Waals surface area contributed by atoms with Crippen molar-refractivity contribution in [2.24, 2.45) is 0 Å². The number of benzene rings is 2. The van der Waals surface area contributed by atoms with Gasteiger partial charge in [0.1, 0.15) is 18.2 Å². The fraction of sp³-hybridized carbons (Fsp3) is 0.0526. The smallest absolute Gasteiger partial charge is 0.234 e. The van der Waals surface area contributed by atoms with E-state index < -0.39 is 0 Å². The number of fused-ring (bicyclic) bond motifs is 1. The van der Waals surface area contributed by atoms with Gasteiger partial charge in [0.15, 0.2) is 0 Å². The summed E-state index contributed by atoms with van der Waals surface area (Å²) in [6.45, 7) is 0.347. The number of halogens is 2. The molecule has 0 radical (unpaired) electrons. The van der Waals surface area contributed by atoms with E-state index >= 15 is 0 Å². The van der Waals surface area contributed by atoms with Gasteiger partial charge in [-0.2, -0.15) is 0 Å². The molecule has 2 aromatic heterocycles. The minimum atomic E-state index is -0.370. The van der Waals surface area contributed by atoms with Crippen LogP contribution in [0.25, 0.3) is 16.9 Å². The monoisotopic (exact) mass is 353 g/mol. The molecule has 0 spiro atoms. The van der Waals surface area contributed by atoms with E-state index in [1.54, 1.807) is 16.7 Å². The molecule has 0 atom stereocenters. The summed E-state index contributed by atoms with van der Waals surface area (Å²) in [6, 6.07) is 13.8. The van der Waals surface area contributed by atoms with Gasteiger partial charge in [0.05, 0.1) is 10.7 Å². The second-order valence-electron chi connectivity index (χ2n) is 5.51. The summed E-state index contributed by atoms with van der Waals surface area (Å²) < 4.78 is 20.7. The Kier molecular flexibility index (Phi) is 4.07. The van der Waals surface area contributed by atoms with Crippen molar-refractivity contribution < 1.29 is 9.13 Å². The molecule has 0 unspecified atom stereocenters. The third-order valence-corrected chi connectivity index (χ3v) is 4.04. The predicted molar refractivity (Wildman–Crippen MR) is 94.2 cm³/mol. The van der Waals surface area contributed by atoms with Crippen molar-refractivity contribution in [1.29, 1.82) is 0 Å². The van der Waals surface area contributed by atoms with E-state index in [2.05, 4.69) is 9.97 Å². The summed E-state index contributed by atoms with van der Waals surface area (Å²) in [5.74, 6) is 0.978. The Hall–Kier alpha value is -2.92. The van der Waals surface area contributed by atoms with Crippen molar-refractivity contribution in [1.82, 2.24) is 14.4 Å². The maximum Gasteiger partial charge on any atom is 0.234 e. The van der Waals surface area contributed by atoms with Gasteiger partial charge >= 0.3 is 0 Å². The Morgan fingerprint density at radius 1 is 1.08 bits per heavy atom. The molecular formula is C19H13ClFN3O. The quantitative estimate of drug-likeness (QED) is 0.530. The molecule has 25 heavy (non-hydrogen) atoms. The van der Waals surface area contributed by atoms with Crippen LogP contribution in [0.4, 0.5) is 4.39 Å². The molecule has 2 aromatic carbocycles. The lowest BCUT2D eigenvalue weighted by Crippen LogP contribution is -1.94. The highest BCUT2D eigenvalue weighted by Crippen LogP contribution is 2.28. The summed E-state index contributed by atoms with van der Waals surface area (Å²) in [5.41, 5.74) is 2.26. The molecule has 2 heterocycles. The van der Waals surface area contributed by atoms with E-state index in [1.807, 2.05) is 42.7 Å². The van der Waals surface area contributed by atoms with Crippen LogP contribution in [-0.4, -0.2) is 14.4 Å². The van der Waals surface area contributed by atoms with Gasteiger partial charge in [-0.05, 0) is 30.3 Å². The van der Waals surface area contributed by atoms with E-state index in [-0.39, 0.29) is 5.82 Å². The highest BCUT2D eigenvalue weighted by Gasteiger charge is 2.09. The first-order valence-corrected chi connectivity index (χ1v) is 8.04. The van der Waals surface area contributed by atoms with Gasteiger partial charge in [-0.15, -0.1) is 0 Å². The van der Waals surface area contributed by atoms with Gasteiger partial charge < -0.3 is 4.74 Å². The zero-order valence-electron chi connectivity index (χ0n) is 13.1. The Balaban J connectivity index is 1.61. The fourth-order valence-corrected chi connectivity index (χ4v) is 2.82. The summed E-state index contributed by atoms with van der Waals surface area (Å²) in [4.78, 5) is 8.77. The zero-order chi connectivity index (χ0) is 17.2. The molecule has 0 saturated heterocycles. The minimum Gasteiger partial charge on any atom is -0.487 e. The van der Waals surface area contributed by atoms with E-state index in [0.29, 0.717) is 23.0 Å². The molecule has 4 nitrogen and oxygen atoms in total. The minimum absolute atomic E-state index is 0.342. The Morgan fingerprint density at radius 2 is 1.92 bits per heavy atom. The number of imidazole rings is 1. The van der Waals surface area contributed by atoms with Gasteiger partial charge in [0.2, 0.25) is 5.78 Å². The molecule has 4 aromatic rings. The van der Waals surface area contributed by atoms with Crippen molar-refractivity contribution in [3.8, 4) is 16.9 Å². The SMILES string of the molecule is Fc1ccc(-c2cnc3nc(COc4ccccc4)cn3c2)c(Cl)c1. The van der Waals surface area contributed by atoms with E-state index in [0.717, 1.165) is 17.0 Å². The van der Waals surface area contributed by atoms with E-state index in [9.17, 15) is 4.39 Å². The average Bonchev–Trinajstić information content (AvgIpc) is 3.03. The first-order chi connectivity index (χ1) is 12.2. The van der Waals surface area contributed by atoms with Crippen LogP contribution in [-0.2, 0) is 6.61 Å². The molecule has 6 heteroatoms. The van der Waals surface area contributed by atoms with Gasteiger partial charge in [0, 0.05) is 29.7 Å². The topological polar surface area (TPSA) is 39.4 Å². The normalized spacial score (nSPS) is 11.0.